The van der Waals surface area contributed by atoms with E-state index in [1.165, 1.54) is 0 Å². The molecule has 0 aromatic carbocycles. The highest BCUT2D eigenvalue weighted by atomic mass is 16.5. The Morgan fingerprint density at radius 2 is 2.40 bits per heavy atom. The standard InChI is InChI=1S/C12H14N4O4/c1-19-6-9-4-8(14-20-9)5-16-11(7-2-3-7)10(12(17)18)13-15-16/h4,7H,2-3,5-6H2,1H3,(H,17,18). The summed E-state index contributed by atoms with van der Waals surface area (Å²) in [6.07, 6.45) is 1.95. The summed E-state index contributed by atoms with van der Waals surface area (Å²) in [7, 11) is 1.57. The molecule has 0 amide bonds. The highest BCUT2D eigenvalue weighted by molar-refractivity contribution is 5.86. The maximum Gasteiger partial charge on any atom is 0.358 e. The van der Waals surface area contributed by atoms with E-state index in [4.69, 9.17) is 14.4 Å². The van der Waals surface area contributed by atoms with Crippen LogP contribution in [0.4, 0.5) is 0 Å². The molecule has 1 N–H and O–H groups in total. The number of rotatable bonds is 6. The summed E-state index contributed by atoms with van der Waals surface area (Å²) in [5.74, 6) is -0.186. The van der Waals surface area contributed by atoms with Gasteiger partial charge in [-0.1, -0.05) is 10.4 Å². The summed E-state index contributed by atoms with van der Waals surface area (Å²) in [5.41, 5.74) is 1.38. The first-order valence-corrected chi connectivity index (χ1v) is 6.29. The van der Waals surface area contributed by atoms with Gasteiger partial charge < -0.3 is 14.4 Å². The number of hydrogen-bond acceptors (Lipinski definition) is 6. The summed E-state index contributed by atoms with van der Waals surface area (Å²) in [4.78, 5) is 11.1. The van der Waals surface area contributed by atoms with Crippen molar-refractivity contribution in [1.82, 2.24) is 20.2 Å². The first-order chi connectivity index (χ1) is 9.69. The maximum atomic E-state index is 11.1. The van der Waals surface area contributed by atoms with Crippen LogP contribution in [0.15, 0.2) is 10.6 Å². The fourth-order valence-corrected chi connectivity index (χ4v) is 2.14. The Hall–Kier alpha value is -2.22. The van der Waals surface area contributed by atoms with E-state index in [0.717, 1.165) is 12.8 Å². The van der Waals surface area contributed by atoms with E-state index in [1.54, 1.807) is 17.9 Å². The number of carboxylic acid groups (broad SMARTS) is 1. The van der Waals surface area contributed by atoms with Crippen molar-refractivity contribution in [3.05, 3.63) is 28.9 Å². The van der Waals surface area contributed by atoms with Crippen LogP contribution in [0.5, 0.6) is 0 Å². The van der Waals surface area contributed by atoms with E-state index in [2.05, 4.69) is 15.5 Å². The van der Waals surface area contributed by atoms with Gasteiger partial charge in [-0.15, -0.1) is 5.10 Å². The SMILES string of the molecule is COCc1cc(Cn2nnc(C(=O)O)c2C2CC2)no1. The van der Waals surface area contributed by atoms with Crippen molar-refractivity contribution in [3.63, 3.8) is 0 Å². The average Bonchev–Trinajstić information content (AvgIpc) is 3.01. The molecule has 3 rings (SSSR count). The van der Waals surface area contributed by atoms with Gasteiger partial charge in [0.05, 0.1) is 12.2 Å². The lowest BCUT2D eigenvalue weighted by atomic mass is 10.2. The van der Waals surface area contributed by atoms with Crippen molar-refractivity contribution >= 4 is 5.97 Å². The van der Waals surface area contributed by atoms with Crippen molar-refractivity contribution in [2.24, 2.45) is 0 Å². The average molecular weight is 278 g/mol. The Bertz CT molecular complexity index is 629. The third kappa shape index (κ3) is 2.42. The molecule has 8 nitrogen and oxygen atoms in total. The number of ether oxygens (including phenoxy) is 1. The maximum absolute atomic E-state index is 11.1. The Kier molecular flexibility index (Phi) is 3.23. The quantitative estimate of drug-likeness (QED) is 0.841. The molecule has 1 aliphatic carbocycles. The Morgan fingerprint density at radius 1 is 1.60 bits per heavy atom. The summed E-state index contributed by atoms with van der Waals surface area (Å²) in [5, 5.41) is 20.7. The van der Waals surface area contributed by atoms with E-state index < -0.39 is 5.97 Å². The molecule has 1 fully saturated rings. The second kappa shape index (κ2) is 5.04. The zero-order valence-corrected chi connectivity index (χ0v) is 10.9. The highest BCUT2D eigenvalue weighted by Gasteiger charge is 2.33. The second-order valence-electron chi connectivity index (χ2n) is 4.78. The molecule has 0 radical (unpaired) electrons. The molecule has 2 heterocycles. The molecular formula is C12H14N4O4. The van der Waals surface area contributed by atoms with Crippen LogP contribution in [0.3, 0.4) is 0 Å². The lowest BCUT2D eigenvalue weighted by Crippen LogP contribution is -2.08. The molecule has 1 aliphatic rings. The minimum absolute atomic E-state index is 0.0353. The van der Waals surface area contributed by atoms with Gasteiger partial charge in [0.25, 0.3) is 0 Å². The van der Waals surface area contributed by atoms with Crippen LogP contribution in [0.25, 0.3) is 0 Å². The lowest BCUT2D eigenvalue weighted by molar-refractivity contribution is 0.0689. The Morgan fingerprint density at radius 3 is 3.05 bits per heavy atom. The van der Waals surface area contributed by atoms with Crippen LogP contribution in [0, 0.1) is 0 Å². The molecule has 20 heavy (non-hydrogen) atoms. The zero-order chi connectivity index (χ0) is 14.1. The largest absolute Gasteiger partial charge is 0.476 e. The molecule has 0 bridgehead atoms. The van der Waals surface area contributed by atoms with Crippen LogP contribution in [-0.4, -0.2) is 38.3 Å². The molecule has 0 atom stereocenters. The molecule has 106 valence electrons. The Balaban J connectivity index is 1.84. The predicted molar refractivity (Wildman–Crippen MR) is 65.3 cm³/mol. The van der Waals surface area contributed by atoms with Gasteiger partial charge in [0.15, 0.2) is 11.5 Å². The normalized spacial score (nSPS) is 14.7. The van der Waals surface area contributed by atoms with Gasteiger partial charge in [0.1, 0.15) is 12.3 Å². The number of methoxy groups -OCH3 is 1. The number of nitrogens with zero attached hydrogens (tertiary/aromatic N) is 4. The smallest absolute Gasteiger partial charge is 0.358 e. The summed E-state index contributed by atoms with van der Waals surface area (Å²) in [6.45, 7) is 0.694. The van der Waals surface area contributed by atoms with Crippen molar-refractivity contribution in [3.8, 4) is 0 Å². The van der Waals surface area contributed by atoms with E-state index in [1.807, 2.05) is 0 Å². The predicted octanol–water partition coefficient (Wildman–Crippen LogP) is 1.04. The lowest BCUT2D eigenvalue weighted by Gasteiger charge is -2.03. The molecule has 0 spiro atoms. The monoisotopic (exact) mass is 278 g/mol. The van der Waals surface area contributed by atoms with Crippen LogP contribution in [0.1, 0.15) is 46.4 Å². The fourth-order valence-electron chi connectivity index (χ4n) is 2.14. The Labute approximate surface area is 114 Å². The van der Waals surface area contributed by atoms with Crippen LogP contribution >= 0.6 is 0 Å². The summed E-state index contributed by atoms with van der Waals surface area (Å²) >= 11 is 0. The summed E-state index contributed by atoms with van der Waals surface area (Å²) in [6, 6.07) is 1.77. The number of aromatic carboxylic acids is 1. The van der Waals surface area contributed by atoms with Gasteiger partial charge >= 0.3 is 5.97 Å². The molecule has 0 unspecified atom stereocenters. The first-order valence-electron chi connectivity index (χ1n) is 6.29. The van der Waals surface area contributed by atoms with E-state index in [9.17, 15) is 4.79 Å². The summed E-state index contributed by atoms with van der Waals surface area (Å²) < 4.78 is 11.6. The first kappa shape index (κ1) is 12.8. The number of carbonyl (C=O) groups is 1. The highest BCUT2D eigenvalue weighted by Crippen LogP contribution is 2.41. The fraction of sp³-hybridized carbons (Fsp3) is 0.500. The molecule has 0 aliphatic heterocycles. The van der Waals surface area contributed by atoms with Crippen LogP contribution in [0.2, 0.25) is 0 Å². The van der Waals surface area contributed by atoms with Crippen LogP contribution < -0.4 is 0 Å². The van der Waals surface area contributed by atoms with Gasteiger partial charge in [-0.3, -0.25) is 0 Å². The topological polar surface area (TPSA) is 103 Å². The van der Waals surface area contributed by atoms with Crippen molar-refractivity contribution in [2.45, 2.75) is 31.9 Å². The number of carboxylic acids is 1. The third-order valence-electron chi connectivity index (χ3n) is 3.15. The molecule has 8 heteroatoms. The zero-order valence-electron chi connectivity index (χ0n) is 10.9. The second-order valence-corrected chi connectivity index (χ2v) is 4.78. The van der Waals surface area contributed by atoms with Gasteiger partial charge in [0, 0.05) is 19.1 Å². The minimum Gasteiger partial charge on any atom is -0.476 e. The van der Waals surface area contributed by atoms with E-state index in [-0.39, 0.29) is 11.6 Å². The minimum atomic E-state index is -1.04. The molecular weight excluding hydrogens is 264 g/mol. The molecule has 1 saturated carbocycles. The van der Waals surface area contributed by atoms with Crippen molar-refractivity contribution in [2.75, 3.05) is 7.11 Å². The third-order valence-corrected chi connectivity index (χ3v) is 3.15. The van der Waals surface area contributed by atoms with Gasteiger partial charge in [-0.25, -0.2) is 9.48 Å². The molecule has 2 aromatic heterocycles. The number of aromatic nitrogens is 4. The van der Waals surface area contributed by atoms with Gasteiger partial charge in [-0.2, -0.15) is 0 Å². The van der Waals surface area contributed by atoms with Crippen molar-refractivity contribution < 1.29 is 19.2 Å². The van der Waals surface area contributed by atoms with Crippen LogP contribution in [-0.2, 0) is 17.9 Å². The van der Waals surface area contributed by atoms with E-state index in [0.29, 0.717) is 30.3 Å². The van der Waals surface area contributed by atoms with Gasteiger partial charge in [-0.05, 0) is 12.8 Å². The molecule has 2 aromatic rings. The van der Waals surface area contributed by atoms with Gasteiger partial charge in [0.2, 0.25) is 0 Å². The van der Waals surface area contributed by atoms with Crippen molar-refractivity contribution in [1.29, 1.82) is 0 Å². The van der Waals surface area contributed by atoms with E-state index >= 15 is 0 Å². The number of hydrogen-bond donors (Lipinski definition) is 1. The molecule has 0 saturated heterocycles.